The highest BCUT2D eigenvalue weighted by atomic mass is 16.5. The van der Waals surface area contributed by atoms with Crippen molar-refractivity contribution < 1.29 is 4.74 Å². The molecule has 0 atom stereocenters. The Hall–Kier alpha value is -2.17. The summed E-state index contributed by atoms with van der Waals surface area (Å²) in [7, 11) is 0. The Morgan fingerprint density at radius 2 is 1.90 bits per heavy atom. The van der Waals surface area contributed by atoms with Gasteiger partial charge in [-0.25, -0.2) is 4.98 Å². The SMILES string of the molecule is CCc1nnc(NCCOc2cccc(C)c2)nc1CC. The normalized spacial score (nSPS) is 10.4. The van der Waals surface area contributed by atoms with Gasteiger partial charge in [-0.2, -0.15) is 5.10 Å². The topological polar surface area (TPSA) is 59.9 Å². The minimum absolute atomic E-state index is 0.559. The third kappa shape index (κ3) is 4.41. The number of benzene rings is 1. The van der Waals surface area contributed by atoms with Gasteiger partial charge in [0, 0.05) is 0 Å². The van der Waals surface area contributed by atoms with Crippen molar-refractivity contribution >= 4 is 5.95 Å². The number of anilines is 1. The highest BCUT2D eigenvalue weighted by Gasteiger charge is 2.05. The second kappa shape index (κ2) is 7.57. The lowest BCUT2D eigenvalue weighted by Crippen LogP contribution is -2.15. The van der Waals surface area contributed by atoms with E-state index < -0.39 is 0 Å². The fourth-order valence-electron chi connectivity index (χ4n) is 2.05. The van der Waals surface area contributed by atoms with E-state index in [2.05, 4.69) is 34.3 Å². The summed E-state index contributed by atoms with van der Waals surface area (Å²) in [5.74, 6) is 1.45. The number of nitrogens with one attached hydrogen (secondary N) is 1. The van der Waals surface area contributed by atoms with Crippen molar-refractivity contribution in [3.05, 3.63) is 41.2 Å². The molecule has 1 aromatic carbocycles. The molecule has 0 spiro atoms. The lowest BCUT2D eigenvalue weighted by Gasteiger charge is -2.09. The first-order chi connectivity index (χ1) is 10.2. The molecule has 1 heterocycles. The standard InChI is InChI=1S/C16H22N4O/c1-4-14-15(5-2)19-20-16(18-14)17-9-10-21-13-8-6-7-12(3)11-13/h6-8,11H,4-5,9-10H2,1-3H3,(H,17,18,20). The maximum Gasteiger partial charge on any atom is 0.243 e. The van der Waals surface area contributed by atoms with Gasteiger partial charge in [0.1, 0.15) is 12.4 Å². The van der Waals surface area contributed by atoms with Crippen LogP contribution in [-0.4, -0.2) is 28.3 Å². The smallest absolute Gasteiger partial charge is 0.243 e. The summed E-state index contributed by atoms with van der Waals surface area (Å²) < 4.78 is 5.67. The lowest BCUT2D eigenvalue weighted by molar-refractivity contribution is 0.332. The second-order valence-corrected chi connectivity index (χ2v) is 4.83. The number of ether oxygens (including phenoxy) is 1. The summed E-state index contributed by atoms with van der Waals surface area (Å²) in [6.45, 7) is 7.39. The summed E-state index contributed by atoms with van der Waals surface area (Å²) >= 11 is 0. The van der Waals surface area contributed by atoms with E-state index in [-0.39, 0.29) is 0 Å². The van der Waals surface area contributed by atoms with Crippen molar-refractivity contribution in [2.75, 3.05) is 18.5 Å². The molecule has 5 nitrogen and oxygen atoms in total. The van der Waals surface area contributed by atoms with Crippen molar-refractivity contribution in [2.45, 2.75) is 33.6 Å². The van der Waals surface area contributed by atoms with Crippen LogP contribution in [-0.2, 0) is 12.8 Å². The molecule has 1 aromatic heterocycles. The van der Waals surface area contributed by atoms with Crippen molar-refractivity contribution in [2.24, 2.45) is 0 Å². The molecule has 0 bridgehead atoms. The second-order valence-electron chi connectivity index (χ2n) is 4.83. The predicted molar refractivity (Wildman–Crippen MR) is 83.7 cm³/mol. The van der Waals surface area contributed by atoms with Gasteiger partial charge in [-0.05, 0) is 37.5 Å². The van der Waals surface area contributed by atoms with Crippen LogP contribution in [0.1, 0.15) is 30.8 Å². The van der Waals surface area contributed by atoms with E-state index in [9.17, 15) is 0 Å². The Morgan fingerprint density at radius 1 is 1.10 bits per heavy atom. The monoisotopic (exact) mass is 286 g/mol. The fourth-order valence-corrected chi connectivity index (χ4v) is 2.05. The summed E-state index contributed by atoms with van der Waals surface area (Å²) in [6.07, 6.45) is 1.73. The quantitative estimate of drug-likeness (QED) is 0.793. The van der Waals surface area contributed by atoms with Gasteiger partial charge in [0.25, 0.3) is 0 Å². The van der Waals surface area contributed by atoms with Crippen molar-refractivity contribution in [3.8, 4) is 5.75 Å². The van der Waals surface area contributed by atoms with Crippen LogP contribution in [0.15, 0.2) is 24.3 Å². The summed E-state index contributed by atoms with van der Waals surface area (Å²) in [5, 5.41) is 11.4. The van der Waals surface area contributed by atoms with E-state index in [0.717, 1.165) is 30.0 Å². The summed E-state index contributed by atoms with van der Waals surface area (Å²) in [6, 6.07) is 8.01. The van der Waals surface area contributed by atoms with E-state index in [4.69, 9.17) is 4.74 Å². The molecular weight excluding hydrogens is 264 g/mol. The molecule has 0 aliphatic carbocycles. The first-order valence-electron chi connectivity index (χ1n) is 7.38. The van der Waals surface area contributed by atoms with E-state index in [1.807, 2.05) is 31.2 Å². The zero-order valence-corrected chi connectivity index (χ0v) is 12.9. The zero-order chi connectivity index (χ0) is 15.1. The van der Waals surface area contributed by atoms with Crippen LogP contribution in [0.4, 0.5) is 5.95 Å². The van der Waals surface area contributed by atoms with Crippen LogP contribution >= 0.6 is 0 Å². The molecule has 5 heteroatoms. The van der Waals surface area contributed by atoms with Crippen molar-refractivity contribution in [1.29, 1.82) is 0 Å². The first-order valence-corrected chi connectivity index (χ1v) is 7.38. The van der Waals surface area contributed by atoms with Crippen LogP contribution in [0.2, 0.25) is 0 Å². The van der Waals surface area contributed by atoms with Crippen LogP contribution in [0.3, 0.4) is 0 Å². The Balaban J connectivity index is 1.83. The molecule has 0 saturated carbocycles. The van der Waals surface area contributed by atoms with Crippen LogP contribution in [0.25, 0.3) is 0 Å². The third-order valence-corrected chi connectivity index (χ3v) is 3.15. The molecule has 1 N–H and O–H groups in total. The van der Waals surface area contributed by atoms with E-state index in [1.54, 1.807) is 0 Å². The van der Waals surface area contributed by atoms with Crippen LogP contribution < -0.4 is 10.1 Å². The van der Waals surface area contributed by atoms with Gasteiger partial charge in [0.15, 0.2) is 0 Å². The highest BCUT2D eigenvalue weighted by molar-refractivity contribution is 5.28. The maximum atomic E-state index is 5.67. The molecular formula is C16H22N4O. The van der Waals surface area contributed by atoms with E-state index in [1.165, 1.54) is 5.56 Å². The minimum atomic E-state index is 0.559. The van der Waals surface area contributed by atoms with Gasteiger partial charge in [-0.15, -0.1) is 5.10 Å². The molecule has 0 radical (unpaired) electrons. The number of rotatable bonds is 7. The largest absolute Gasteiger partial charge is 0.492 e. The third-order valence-electron chi connectivity index (χ3n) is 3.15. The number of aryl methyl sites for hydroxylation is 3. The Labute approximate surface area is 125 Å². The van der Waals surface area contributed by atoms with Gasteiger partial charge in [-0.1, -0.05) is 26.0 Å². The van der Waals surface area contributed by atoms with E-state index in [0.29, 0.717) is 19.1 Å². The molecule has 112 valence electrons. The number of aromatic nitrogens is 3. The molecule has 0 unspecified atom stereocenters. The van der Waals surface area contributed by atoms with Crippen LogP contribution in [0.5, 0.6) is 5.75 Å². The molecule has 0 aliphatic heterocycles. The van der Waals surface area contributed by atoms with Crippen LogP contribution in [0, 0.1) is 6.92 Å². The summed E-state index contributed by atoms with van der Waals surface area (Å²) in [4.78, 5) is 4.48. The molecule has 2 rings (SSSR count). The Morgan fingerprint density at radius 3 is 2.62 bits per heavy atom. The lowest BCUT2D eigenvalue weighted by atomic mass is 10.2. The van der Waals surface area contributed by atoms with E-state index >= 15 is 0 Å². The zero-order valence-electron chi connectivity index (χ0n) is 12.9. The number of nitrogens with zero attached hydrogens (tertiary/aromatic N) is 3. The summed E-state index contributed by atoms with van der Waals surface area (Å²) in [5.41, 5.74) is 3.17. The molecule has 0 fully saturated rings. The van der Waals surface area contributed by atoms with Gasteiger partial charge >= 0.3 is 0 Å². The van der Waals surface area contributed by atoms with Gasteiger partial charge in [-0.3, -0.25) is 0 Å². The highest BCUT2D eigenvalue weighted by Crippen LogP contribution is 2.12. The first kappa shape index (κ1) is 15.2. The molecule has 0 aliphatic rings. The number of hydrogen-bond acceptors (Lipinski definition) is 5. The Bertz CT molecular complexity index is 586. The van der Waals surface area contributed by atoms with Crippen molar-refractivity contribution in [1.82, 2.24) is 15.2 Å². The van der Waals surface area contributed by atoms with Gasteiger partial charge in [0.2, 0.25) is 5.95 Å². The molecule has 2 aromatic rings. The predicted octanol–water partition coefficient (Wildman–Crippen LogP) is 2.80. The van der Waals surface area contributed by atoms with Gasteiger partial charge < -0.3 is 10.1 Å². The molecule has 21 heavy (non-hydrogen) atoms. The minimum Gasteiger partial charge on any atom is -0.492 e. The maximum absolute atomic E-state index is 5.67. The van der Waals surface area contributed by atoms with Gasteiger partial charge in [0.05, 0.1) is 17.9 Å². The Kier molecular flexibility index (Phi) is 5.49. The number of hydrogen-bond donors (Lipinski definition) is 1. The average molecular weight is 286 g/mol. The molecule has 0 amide bonds. The average Bonchev–Trinajstić information content (AvgIpc) is 2.51. The molecule has 0 saturated heterocycles. The van der Waals surface area contributed by atoms with Crippen molar-refractivity contribution in [3.63, 3.8) is 0 Å². The fraction of sp³-hybridized carbons (Fsp3) is 0.438.